The molecular formula is C13H15BrN2O2S. The predicted octanol–water partition coefficient (Wildman–Crippen LogP) is 3.61. The van der Waals surface area contributed by atoms with Crippen molar-refractivity contribution in [1.82, 2.24) is 10.1 Å². The summed E-state index contributed by atoms with van der Waals surface area (Å²) in [6.07, 6.45) is -0.493. The van der Waals surface area contributed by atoms with E-state index >= 15 is 0 Å². The van der Waals surface area contributed by atoms with Crippen LogP contribution in [0.4, 0.5) is 0 Å². The summed E-state index contributed by atoms with van der Waals surface area (Å²) in [7, 11) is 0. The van der Waals surface area contributed by atoms with Gasteiger partial charge >= 0.3 is 0 Å². The molecule has 0 saturated carbocycles. The highest BCUT2D eigenvalue weighted by atomic mass is 79.9. The summed E-state index contributed by atoms with van der Waals surface area (Å²) in [4.78, 5) is 5.45. The first-order valence-corrected chi connectivity index (χ1v) is 7.73. The molecule has 2 aromatic rings. The fourth-order valence-electron chi connectivity index (χ4n) is 1.40. The molecule has 1 aromatic carbocycles. The zero-order chi connectivity index (χ0) is 13.8. The Kier molecular flexibility index (Phi) is 5.01. The maximum atomic E-state index is 9.48. The second-order valence-electron chi connectivity index (χ2n) is 4.32. The lowest BCUT2D eigenvalue weighted by atomic mass is 10.1. The Morgan fingerprint density at radius 1 is 1.32 bits per heavy atom. The van der Waals surface area contributed by atoms with Gasteiger partial charge in [0.05, 0.1) is 17.8 Å². The van der Waals surface area contributed by atoms with Crippen LogP contribution in [0.3, 0.4) is 0 Å². The van der Waals surface area contributed by atoms with E-state index in [0.717, 1.165) is 9.37 Å². The number of nitrogens with zero attached hydrogens (tertiary/aromatic N) is 2. The molecule has 2 unspecified atom stereocenters. The molecule has 6 heteroatoms. The number of aromatic nitrogens is 2. The van der Waals surface area contributed by atoms with Crippen LogP contribution in [0.25, 0.3) is 0 Å². The van der Waals surface area contributed by atoms with E-state index < -0.39 is 6.10 Å². The minimum Gasteiger partial charge on any atom is -0.393 e. The van der Waals surface area contributed by atoms with Crippen molar-refractivity contribution >= 4 is 27.7 Å². The molecule has 1 heterocycles. The topological polar surface area (TPSA) is 59.2 Å². The third kappa shape index (κ3) is 4.06. The number of aliphatic hydroxyl groups excluding tert-OH is 1. The van der Waals surface area contributed by atoms with Crippen molar-refractivity contribution in [3.8, 4) is 0 Å². The van der Waals surface area contributed by atoms with Crippen molar-refractivity contribution in [3.63, 3.8) is 0 Å². The molecule has 0 aliphatic carbocycles. The summed E-state index contributed by atoms with van der Waals surface area (Å²) in [5.41, 5.74) is 0. The van der Waals surface area contributed by atoms with Crippen LogP contribution in [-0.4, -0.2) is 21.4 Å². The minimum atomic E-state index is -0.493. The van der Waals surface area contributed by atoms with Gasteiger partial charge in [-0.2, -0.15) is 4.98 Å². The molecule has 19 heavy (non-hydrogen) atoms. The van der Waals surface area contributed by atoms with Crippen LogP contribution >= 0.6 is 27.7 Å². The molecule has 0 aliphatic heterocycles. The van der Waals surface area contributed by atoms with Gasteiger partial charge in [0.1, 0.15) is 0 Å². The zero-order valence-corrected chi connectivity index (χ0v) is 13.1. The number of aliphatic hydroxyl groups is 1. The van der Waals surface area contributed by atoms with Crippen molar-refractivity contribution in [3.05, 3.63) is 40.5 Å². The largest absolute Gasteiger partial charge is 0.393 e. The van der Waals surface area contributed by atoms with Gasteiger partial charge in [0, 0.05) is 9.37 Å². The molecule has 4 nitrogen and oxygen atoms in total. The summed E-state index contributed by atoms with van der Waals surface area (Å²) in [6.45, 7) is 3.58. The van der Waals surface area contributed by atoms with Crippen molar-refractivity contribution in [2.75, 3.05) is 0 Å². The fourth-order valence-corrected chi connectivity index (χ4v) is 2.40. The van der Waals surface area contributed by atoms with Gasteiger partial charge in [0.25, 0.3) is 0 Å². The van der Waals surface area contributed by atoms with E-state index in [2.05, 4.69) is 26.1 Å². The van der Waals surface area contributed by atoms with Crippen molar-refractivity contribution in [1.29, 1.82) is 0 Å². The molecule has 0 aliphatic rings. The van der Waals surface area contributed by atoms with Crippen molar-refractivity contribution in [2.24, 2.45) is 0 Å². The molecule has 2 rings (SSSR count). The molecular weight excluding hydrogens is 328 g/mol. The highest BCUT2D eigenvalue weighted by Crippen LogP contribution is 2.24. The minimum absolute atomic E-state index is 0.140. The van der Waals surface area contributed by atoms with Gasteiger partial charge in [-0.15, -0.1) is 11.8 Å². The summed E-state index contributed by atoms with van der Waals surface area (Å²) in [5.74, 6) is 1.65. The third-order valence-corrected chi connectivity index (χ3v) is 4.32. The van der Waals surface area contributed by atoms with Gasteiger partial charge < -0.3 is 9.63 Å². The van der Waals surface area contributed by atoms with Crippen LogP contribution in [0.5, 0.6) is 0 Å². The lowest BCUT2D eigenvalue weighted by Crippen LogP contribution is -2.11. The van der Waals surface area contributed by atoms with Crippen molar-refractivity contribution < 1.29 is 9.63 Å². The maximum Gasteiger partial charge on any atom is 0.232 e. The molecule has 1 aromatic heterocycles. The summed E-state index contributed by atoms with van der Waals surface area (Å²) in [6, 6.07) is 8.07. The highest BCUT2D eigenvalue weighted by Gasteiger charge is 2.18. The first-order chi connectivity index (χ1) is 9.06. The van der Waals surface area contributed by atoms with E-state index in [1.165, 1.54) is 0 Å². The van der Waals surface area contributed by atoms with E-state index in [4.69, 9.17) is 4.52 Å². The maximum absolute atomic E-state index is 9.48. The smallest absolute Gasteiger partial charge is 0.232 e. The van der Waals surface area contributed by atoms with Crippen LogP contribution in [0.1, 0.15) is 31.5 Å². The summed E-state index contributed by atoms with van der Waals surface area (Å²) >= 11 is 5.05. The fraction of sp³-hybridized carbons (Fsp3) is 0.385. The SMILES string of the molecule is CC(O)C(C)c1nc(CSc2ccc(Br)cc2)no1. The molecule has 0 radical (unpaired) electrons. The van der Waals surface area contributed by atoms with Gasteiger partial charge in [0.2, 0.25) is 5.89 Å². The number of halogens is 1. The second-order valence-corrected chi connectivity index (χ2v) is 6.29. The quantitative estimate of drug-likeness (QED) is 0.841. The van der Waals surface area contributed by atoms with Gasteiger partial charge in [-0.05, 0) is 31.2 Å². The highest BCUT2D eigenvalue weighted by molar-refractivity contribution is 9.10. The number of hydrogen-bond acceptors (Lipinski definition) is 5. The lowest BCUT2D eigenvalue weighted by molar-refractivity contribution is 0.151. The number of benzene rings is 1. The lowest BCUT2D eigenvalue weighted by Gasteiger charge is -2.07. The Hall–Kier alpha value is -0.850. The molecule has 0 spiro atoms. The predicted molar refractivity (Wildman–Crippen MR) is 78.1 cm³/mol. The Morgan fingerprint density at radius 3 is 2.63 bits per heavy atom. The average molecular weight is 343 g/mol. The Bertz CT molecular complexity index is 528. The normalized spacial score (nSPS) is 14.3. The van der Waals surface area contributed by atoms with E-state index in [1.54, 1.807) is 18.7 Å². The second kappa shape index (κ2) is 6.54. The zero-order valence-electron chi connectivity index (χ0n) is 10.7. The van der Waals surface area contributed by atoms with Gasteiger partial charge in [-0.25, -0.2) is 0 Å². The first kappa shape index (κ1) is 14.6. The molecule has 0 amide bonds. The average Bonchev–Trinajstić information content (AvgIpc) is 2.86. The number of rotatable bonds is 5. The molecule has 2 atom stereocenters. The molecule has 0 saturated heterocycles. The standard InChI is InChI=1S/C13H15BrN2O2S/c1-8(9(2)17)13-15-12(16-18-13)7-19-11-5-3-10(14)4-6-11/h3-6,8-9,17H,7H2,1-2H3. The third-order valence-electron chi connectivity index (χ3n) is 2.78. The number of thioether (sulfide) groups is 1. The van der Waals surface area contributed by atoms with Crippen LogP contribution in [0.2, 0.25) is 0 Å². The molecule has 102 valence electrons. The summed E-state index contributed by atoms with van der Waals surface area (Å²) in [5, 5.41) is 13.4. The molecule has 0 bridgehead atoms. The van der Waals surface area contributed by atoms with E-state index in [0.29, 0.717) is 17.5 Å². The van der Waals surface area contributed by atoms with Gasteiger partial charge in [0.15, 0.2) is 5.82 Å². The van der Waals surface area contributed by atoms with E-state index in [1.807, 2.05) is 31.2 Å². The van der Waals surface area contributed by atoms with E-state index in [9.17, 15) is 5.11 Å². The van der Waals surface area contributed by atoms with E-state index in [-0.39, 0.29) is 5.92 Å². The molecule has 1 N–H and O–H groups in total. The Morgan fingerprint density at radius 2 is 2.00 bits per heavy atom. The van der Waals surface area contributed by atoms with Crippen LogP contribution in [0.15, 0.2) is 38.2 Å². The van der Waals surface area contributed by atoms with Crippen LogP contribution in [0, 0.1) is 0 Å². The van der Waals surface area contributed by atoms with Crippen LogP contribution < -0.4 is 0 Å². The monoisotopic (exact) mass is 342 g/mol. The molecule has 0 fully saturated rings. The Balaban J connectivity index is 1.95. The van der Waals surface area contributed by atoms with Crippen LogP contribution in [-0.2, 0) is 5.75 Å². The van der Waals surface area contributed by atoms with Gasteiger partial charge in [-0.3, -0.25) is 0 Å². The van der Waals surface area contributed by atoms with Crippen molar-refractivity contribution in [2.45, 2.75) is 36.5 Å². The Labute approximate surface area is 124 Å². The van der Waals surface area contributed by atoms with Gasteiger partial charge in [-0.1, -0.05) is 28.0 Å². The summed E-state index contributed by atoms with van der Waals surface area (Å²) < 4.78 is 6.21. The first-order valence-electron chi connectivity index (χ1n) is 5.95. The number of hydrogen-bond donors (Lipinski definition) is 1.